The van der Waals surface area contributed by atoms with Gasteiger partial charge in [-0.2, -0.15) is 0 Å². The van der Waals surface area contributed by atoms with Gasteiger partial charge in [-0.1, -0.05) is 25.7 Å². The van der Waals surface area contributed by atoms with Crippen molar-refractivity contribution in [1.29, 1.82) is 0 Å². The Morgan fingerprint density at radius 3 is 2.24 bits per heavy atom. The van der Waals surface area contributed by atoms with E-state index in [1.807, 2.05) is 0 Å². The van der Waals surface area contributed by atoms with Gasteiger partial charge >= 0.3 is 12.0 Å². The summed E-state index contributed by atoms with van der Waals surface area (Å²) in [4.78, 5) is 52.2. The lowest BCUT2D eigenvalue weighted by molar-refractivity contribution is -0.155. The van der Waals surface area contributed by atoms with E-state index in [0.717, 1.165) is 30.6 Å². The molecule has 2 fully saturated rings. The zero-order valence-corrected chi connectivity index (χ0v) is 15.7. The van der Waals surface area contributed by atoms with Crippen LogP contribution in [-0.4, -0.2) is 59.2 Å². The first-order chi connectivity index (χ1) is 11.6. The van der Waals surface area contributed by atoms with Gasteiger partial charge < -0.3 is 9.64 Å². The lowest BCUT2D eigenvalue weighted by atomic mass is 9.84. The molecule has 2 atom stereocenters. The summed E-state index contributed by atoms with van der Waals surface area (Å²) < 4.78 is 4.60. The maximum atomic E-state index is 12.7. The molecule has 1 saturated heterocycles. The van der Waals surface area contributed by atoms with E-state index in [2.05, 4.69) is 4.74 Å². The second-order valence-electron chi connectivity index (χ2n) is 7.66. The van der Waals surface area contributed by atoms with Crippen LogP contribution in [0.15, 0.2) is 0 Å². The van der Waals surface area contributed by atoms with Crippen molar-refractivity contribution in [2.24, 2.45) is 11.8 Å². The average Bonchev–Trinajstić information content (AvgIpc) is 3.14. The molecule has 3 amide bonds. The van der Waals surface area contributed by atoms with Crippen molar-refractivity contribution in [3.63, 3.8) is 0 Å². The van der Waals surface area contributed by atoms with Gasteiger partial charge in [-0.15, -0.1) is 0 Å². The summed E-state index contributed by atoms with van der Waals surface area (Å²) in [5.41, 5.74) is -0.961. The Labute approximate surface area is 148 Å². The lowest BCUT2D eigenvalue weighted by Crippen LogP contribution is -2.48. The summed E-state index contributed by atoms with van der Waals surface area (Å²) in [5.74, 6) is -2.32. The molecule has 0 aromatic carbocycles. The lowest BCUT2D eigenvalue weighted by Gasteiger charge is -2.30. The minimum atomic E-state index is -0.961. The topological polar surface area (TPSA) is 84.0 Å². The normalized spacial score (nSPS) is 23.1. The van der Waals surface area contributed by atoms with Crippen molar-refractivity contribution in [1.82, 2.24) is 9.80 Å². The van der Waals surface area contributed by atoms with Gasteiger partial charge in [0, 0.05) is 13.1 Å². The molecule has 0 radical (unpaired) electrons. The Balaban J connectivity index is 2.29. The average molecular weight is 352 g/mol. The van der Waals surface area contributed by atoms with Crippen molar-refractivity contribution in [3.8, 4) is 0 Å². The third-order valence-corrected chi connectivity index (χ3v) is 5.85. The minimum Gasteiger partial charge on any atom is -0.463 e. The number of rotatable bonds is 6. The molecule has 2 aliphatic rings. The summed E-state index contributed by atoms with van der Waals surface area (Å²) in [7, 11) is 2.74. The number of ether oxygens (including phenoxy) is 1. The number of hydrogen-bond acceptors (Lipinski definition) is 5. The number of carbonyl (C=O) groups is 4. The molecule has 1 aliphatic carbocycles. The number of urea groups is 1. The van der Waals surface area contributed by atoms with Gasteiger partial charge in [0.15, 0.2) is 0 Å². The molecule has 7 nitrogen and oxygen atoms in total. The van der Waals surface area contributed by atoms with Crippen LogP contribution in [0.4, 0.5) is 4.79 Å². The molecule has 0 N–H and O–H groups in total. The molecule has 140 valence electrons. The van der Waals surface area contributed by atoms with E-state index in [1.54, 1.807) is 27.8 Å². The number of likely N-dealkylation sites (N-methyl/N-ethyl adjacent to an activating group) is 1. The molecule has 1 aliphatic heterocycles. The molecule has 25 heavy (non-hydrogen) atoms. The van der Waals surface area contributed by atoms with Crippen molar-refractivity contribution < 1.29 is 23.9 Å². The smallest absolute Gasteiger partial charge is 0.374 e. The Hall–Kier alpha value is -1.92. The number of esters is 1. The maximum Gasteiger partial charge on any atom is 0.374 e. The van der Waals surface area contributed by atoms with Crippen LogP contribution < -0.4 is 0 Å². The fourth-order valence-corrected chi connectivity index (χ4v) is 3.85. The number of carbonyl (C=O) groups excluding carboxylic acids is 4. The van der Waals surface area contributed by atoms with Crippen molar-refractivity contribution in [3.05, 3.63) is 0 Å². The summed E-state index contributed by atoms with van der Waals surface area (Å²) in [6.45, 7) is 5.02. The van der Waals surface area contributed by atoms with Gasteiger partial charge in [0.2, 0.25) is 5.78 Å². The van der Waals surface area contributed by atoms with E-state index in [9.17, 15) is 19.2 Å². The molecule has 0 spiro atoms. The highest BCUT2D eigenvalue weighted by Crippen LogP contribution is 2.35. The van der Waals surface area contributed by atoms with Crippen molar-refractivity contribution in [2.45, 2.75) is 64.5 Å². The van der Waals surface area contributed by atoms with Crippen molar-refractivity contribution >= 4 is 23.7 Å². The van der Waals surface area contributed by atoms with E-state index in [4.69, 9.17) is 0 Å². The monoisotopic (exact) mass is 352 g/mol. The van der Waals surface area contributed by atoms with Gasteiger partial charge in [0.25, 0.3) is 5.91 Å². The zero-order valence-electron chi connectivity index (χ0n) is 15.7. The first-order valence-corrected chi connectivity index (χ1v) is 8.86. The molecular formula is C18H28N2O5. The zero-order chi connectivity index (χ0) is 18.9. The van der Waals surface area contributed by atoms with Crippen LogP contribution in [0.1, 0.15) is 52.9 Å². The Kier molecular flexibility index (Phi) is 5.54. The van der Waals surface area contributed by atoms with E-state index < -0.39 is 35.3 Å². The van der Waals surface area contributed by atoms with Gasteiger partial charge in [0.1, 0.15) is 5.54 Å². The fourth-order valence-electron chi connectivity index (χ4n) is 3.85. The highest BCUT2D eigenvalue weighted by molar-refractivity contribution is 6.34. The second kappa shape index (κ2) is 7.14. The summed E-state index contributed by atoms with van der Waals surface area (Å²) in [6.07, 6.45) is 4.72. The van der Waals surface area contributed by atoms with E-state index >= 15 is 0 Å². The van der Waals surface area contributed by atoms with Crippen LogP contribution in [-0.2, 0) is 19.1 Å². The van der Waals surface area contributed by atoms with Gasteiger partial charge in [-0.05, 0) is 33.1 Å². The molecular weight excluding hydrogens is 324 g/mol. The number of ketones is 1. The van der Waals surface area contributed by atoms with Gasteiger partial charge in [-0.25, -0.2) is 9.59 Å². The molecule has 2 unspecified atom stereocenters. The Morgan fingerprint density at radius 2 is 1.80 bits per heavy atom. The molecule has 0 aromatic heterocycles. The fraction of sp³-hybridized carbons (Fsp3) is 0.778. The molecule has 1 heterocycles. The second-order valence-corrected chi connectivity index (χ2v) is 7.66. The summed E-state index contributed by atoms with van der Waals surface area (Å²) in [6, 6.07) is -1.12. The number of amides is 3. The first-order valence-electron chi connectivity index (χ1n) is 8.86. The number of hydrogen-bond donors (Lipinski definition) is 0. The number of methoxy groups -OCH3 is 1. The summed E-state index contributed by atoms with van der Waals surface area (Å²) >= 11 is 0. The van der Waals surface area contributed by atoms with Crippen LogP contribution in [0.2, 0.25) is 0 Å². The Bertz CT molecular complexity index is 580. The maximum absolute atomic E-state index is 12.7. The molecule has 2 rings (SSSR count). The van der Waals surface area contributed by atoms with E-state index in [0.29, 0.717) is 12.3 Å². The third kappa shape index (κ3) is 3.41. The van der Waals surface area contributed by atoms with Crippen LogP contribution in [0.25, 0.3) is 0 Å². The molecule has 1 saturated carbocycles. The third-order valence-electron chi connectivity index (χ3n) is 5.85. The largest absolute Gasteiger partial charge is 0.463 e. The number of Topliss-reactive ketones (excluding diaryl/α,β-unsaturated/α-hetero) is 1. The van der Waals surface area contributed by atoms with E-state index in [1.165, 1.54) is 12.0 Å². The van der Waals surface area contributed by atoms with Crippen LogP contribution >= 0.6 is 0 Å². The predicted molar refractivity (Wildman–Crippen MR) is 90.6 cm³/mol. The molecule has 0 aromatic rings. The highest BCUT2D eigenvalue weighted by atomic mass is 16.5. The number of imide groups is 1. The number of nitrogens with zero attached hydrogens (tertiary/aromatic N) is 2. The van der Waals surface area contributed by atoms with Crippen LogP contribution in [0.3, 0.4) is 0 Å². The SMILES string of the molecule is COC(=O)C(=O)C(CC1CCCC1)C(C)N1C(=O)N(C)C(C)(C)C1=O. The van der Waals surface area contributed by atoms with E-state index in [-0.39, 0.29) is 5.91 Å². The van der Waals surface area contributed by atoms with Crippen LogP contribution in [0, 0.1) is 11.8 Å². The van der Waals surface area contributed by atoms with Gasteiger partial charge in [-0.3, -0.25) is 14.5 Å². The predicted octanol–water partition coefficient (Wildman–Crippen LogP) is 1.99. The standard InChI is InChI=1S/C18H28N2O5/c1-11(20-16(23)18(2,3)19(4)17(20)24)13(14(21)15(22)25-5)10-12-8-6-7-9-12/h11-13H,6-10H2,1-5H3. The molecule has 7 heteroatoms. The van der Waals surface area contributed by atoms with Gasteiger partial charge in [0.05, 0.1) is 13.0 Å². The molecule has 0 bridgehead atoms. The minimum absolute atomic E-state index is 0.333. The highest BCUT2D eigenvalue weighted by Gasteiger charge is 2.53. The van der Waals surface area contributed by atoms with Crippen molar-refractivity contribution in [2.75, 3.05) is 14.2 Å². The summed E-state index contributed by atoms with van der Waals surface area (Å²) in [5, 5.41) is 0. The Morgan fingerprint density at radius 1 is 1.24 bits per heavy atom. The van der Waals surface area contributed by atoms with Crippen LogP contribution in [0.5, 0.6) is 0 Å². The first kappa shape index (κ1) is 19.4. The quantitative estimate of drug-likeness (QED) is 0.415.